The summed E-state index contributed by atoms with van der Waals surface area (Å²) in [5.41, 5.74) is 2.42. The maximum Gasteiger partial charge on any atom is 0.192 e. The van der Waals surface area contributed by atoms with E-state index in [4.69, 9.17) is 4.74 Å². The molecule has 2 nitrogen and oxygen atoms in total. The second-order valence-corrected chi connectivity index (χ2v) is 3.73. The number of ether oxygens (including phenoxy) is 1. The maximum absolute atomic E-state index is 12.2. The van der Waals surface area contributed by atoms with Crippen LogP contribution in [0.3, 0.4) is 0 Å². The van der Waals surface area contributed by atoms with Crippen molar-refractivity contribution in [1.29, 1.82) is 0 Å². The molecule has 0 aliphatic rings. The fourth-order valence-corrected chi connectivity index (χ4v) is 1.59. The number of methoxy groups -OCH3 is 1. The van der Waals surface area contributed by atoms with E-state index in [1.54, 1.807) is 31.4 Å². The van der Waals surface area contributed by atoms with Crippen LogP contribution < -0.4 is 4.74 Å². The van der Waals surface area contributed by atoms with E-state index in [0.29, 0.717) is 5.56 Å². The van der Waals surface area contributed by atoms with Crippen molar-refractivity contribution in [3.63, 3.8) is 0 Å². The third-order valence-corrected chi connectivity index (χ3v) is 2.74. The van der Waals surface area contributed by atoms with E-state index in [2.05, 4.69) is 0 Å². The fourth-order valence-electron chi connectivity index (χ4n) is 1.59. The first-order valence-electron chi connectivity index (χ1n) is 5.62. The molecule has 1 aromatic rings. The lowest BCUT2D eigenvalue weighted by atomic mass is 9.97. The molecular weight excluding hydrogens is 212 g/mol. The Hall–Kier alpha value is -1.83. The van der Waals surface area contributed by atoms with E-state index >= 15 is 0 Å². The summed E-state index contributed by atoms with van der Waals surface area (Å²) < 4.78 is 5.07. The van der Waals surface area contributed by atoms with Gasteiger partial charge < -0.3 is 4.74 Å². The van der Waals surface area contributed by atoms with Crippen molar-refractivity contribution in [3.05, 3.63) is 53.1 Å². The Morgan fingerprint density at radius 2 is 1.71 bits per heavy atom. The third kappa shape index (κ3) is 3.06. The van der Waals surface area contributed by atoms with E-state index in [1.807, 2.05) is 32.9 Å². The van der Waals surface area contributed by atoms with Crippen molar-refractivity contribution in [1.82, 2.24) is 0 Å². The van der Waals surface area contributed by atoms with Crippen LogP contribution >= 0.6 is 0 Å². The predicted octanol–water partition coefficient (Wildman–Crippen LogP) is 3.79. The van der Waals surface area contributed by atoms with Crippen LogP contribution in [-0.2, 0) is 0 Å². The molecule has 0 spiro atoms. The van der Waals surface area contributed by atoms with Gasteiger partial charge >= 0.3 is 0 Å². The average molecular weight is 230 g/mol. The Bertz CT molecular complexity index is 450. The first-order chi connectivity index (χ1) is 8.13. The van der Waals surface area contributed by atoms with E-state index in [9.17, 15) is 4.79 Å². The monoisotopic (exact) mass is 230 g/mol. The summed E-state index contributed by atoms with van der Waals surface area (Å²) in [6.07, 6.45) is 3.79. The van der Waals surface area contributed by atoms with Gasteiger partial charge in [0, 0.05) is 11.1 Å². The van der Waals surface area contributed by atoms with Crippen LogP contribution in [0.4, 0.5) is 0 Å². The number of ketones is 1. The van der Waals surface area contributed by atoms with Crippen molar-refractivity contribution in [2.75, 3.05) is 7.11 Å². The molecule has 0 aromatic heterocycles. The van der Waals surface area contributed by atoms with Gasteiger partial charge in [-0.05, 0) is 50.6 Å². The number of carbonyl (C=O) groups is 1. The highest BCUT2D eigenvalue weighted by Crippen LogP contribution is 2.18. The van der Waals surface area contributed by atoms with E-state index < -0.39 is 0 Å². The largest absolute Gasteiger partial charge is 0.497 e. The minimum atomic E-state index is 0.0470. The minimum absolute atomic E-state index is 0.0470. The standard InChI is InChI=1S/C15H18O2/c1-5-11(3)14(6-2)15(16)12-7-9-13(17-4)10-8-12/h5-10H,1-4H3/b11-5+,14-6-. The van der Waals surface area contributed by atoms with Crippen molar-refractivity contribution < 1.29 is 9.53 Å². The van der Waals surface area contributed by atoms with Gasteiger partial charge in [-0.25, -0.2) is 0 Å². The van der Waals surface area contributed by atoms with Crippen LogP contribution in [0.2, 0.25) is 0 Å². The molecule has 1 rings (SSSR count). The third-order valence-electron chi connectivity index (χ3n) is 2.74. The highest BCUT2D eigenvalue weighted by Gasteiger charge is 2.12. The fraction of sp³-hybridized carbons (Fsp3) is 0.267. The second kappa shape index (κ2) is 6.04. The molecule has 17 heavy (non-hydrogen) atoms. The Balaban J connectivity index is 3.03. The van der Waals surface area contributed by atoms with Crippen molar-refractivity contribution in [3.8, 4) is 5.75 Å². The zero-order valence-corrected chi connectivity index (χ0v) is 10.8. The van der Waals surface area contributed by atoms with Crippen LogP contribution in [0.1, 0.15) is 31.1 Å². The molecule has 0 atom stereocenters. The predicted molar refractivity (Wildman–Crippen MR) is 70.5 cm³/mol. The molecule has 1 aromatic carbocycles. The summed E-state index contributed by atoms with van der Waals surface area (Å²) in [4.78, 5) is 12.2. The molecule has 0 N–H and O–H groups in total. The molecule has 0 fully saturated rings. The molecule has 0 aliphatic carbocycles. The lowest BCUT2D eigenvalue weighted by Crippen LogP contribution is -2.04. The van der Waals surface area contributed by atoms with Gasteiger partial charge in [0.15, 0.2) is 5.78 Å². The van der Waals surface area contributed by atoms with Gasteiger partial charge in [-0.1, -0.05) is 12.2 Å². The Kier molecular flexibility index (Phi) is 4.70. The number of Topliss-reactive ketones (excluding diaryl/α,β-unsaturated/α-hetero) is 1. The van der Waals surface area contributed by atoms with E-state index in [1.165, 1.54) is 0 Å². The average Bonchev–Trinajstić information content (AvgIpc) is 2.39. The minimum Gasteiger partial charge on any atom is -0.497 e. The summed E-state index contributed by atoms with van der Waals surface area (Å²) in [5, 5.41) is 0. The highest BCUT2D eigenvalue weighted by molar-refractivity contribution is 6.11. The molecule has 2 heteroatoms. The van der Waals surface area contributed by atoms with Crippen molar-refractivity contribution in [2.24, 2.45) is 0 Å². The first-order valence-corrected chi connectivity index (χ1v) is 5.62. The molecule has 0 radical (unpaired) electrons. The topological polar surface area (TPSA) is 26.3 Å². The number of rotatable bonds is 4. The van der Waals surface area contributed by atoms with E-state index in [0.717, 1.165) is 16.9 Å². The van der Waals surface area contributed by atoms with Crippen LogP contribution in [0.25, 0.3) is 0 Å². The Labute approximate surface area is 103 Å². The SMILES string of the molecule is C/C=C(C(=O)c1ccc(OC)cc1)/C(C)=C/C. The normalized spacial score (nSPS) is 12.5. The van der Waals surface area contributed by atoms with Crippen LogP contribution in [0.15, 0.2) is 47.6 Å². The number of carbonyl (C=O) groups excluding carboxylic acids is 1. The maximum atomic E-state index is 12.2. The van der Waals surface area contributed by atoms with E-state index in [-0.39, 0.29) is 5.78 Å². The van der Waals surface area contributed by atoms with Gasteiger partial charge in [-0.15, -0.1) is 0 Å². The van der Waals surface area contributed by atoms with Gasteiger partial charge in [0.2, 0.25) is 0 Å². The van der Waals surface area contributed by atoms with Crippen LogP contribution in [0, 0.1) is 0 Å². The lowest BCUT2D eigenvalue weighted by molar-refractivity contribution is 0.103. The van der Waals surface area contributed by atoms with Crippen molar-refractivity contribution >= 4 is 5.78 Å². The molecule has 0 aliphatic heterocycles. The van der Waals surface area contributed by atoms with Gasteiger partial charge in [0.1, 0.15) is 5.75 Å². The van der Waals surface area contributed by atoms with Crippen LogP contribution in [-0.4, -0.2) is 12.9 Å². The summed E-state index contributed by atoms with van der Waals surface area (Å²) in [6, 6.07) is 7.16. The van der Waals surface area contributed by atoms with Gasteiger partial charge in [-0.3, -0.25) is 4.79 Å². The zero-order chi connectivity index (χ0) is 12.8. The van der Waals surface area contributed by atoms with Gasteiger partial charge in [-0.2, -0.15) is 0 Å². The molecule has 0 heterocycles. The molecule has 0 amide bonds. The zero-order valence-electron chi connectivity index (χ0n) is 10.8. The lowest BCUT2D eigenvalue weighted by Gasteiger charge is -2.07. The quantitative estimate of drug-likeness (QED) is 0.447. The molecule has 0 unspecified atom stereocenters. The first kappa shape index (κ1) is 13.2. The van der Waals surface area contributed by atoms with Gasteiger partial charge in [0.25, 0.3) is 0 Å². The Morgan fingerprint density at radius 3 is 2.12 bits per heavy atom. The smallest absolute Gasteiger partial charge is 0.192 e. The molecule has 0 saturated carbocycles. The Morgan fingerprint density at radius 1 is 1.12 bits per heavy atom. The summed E-state index contributed by atoms with van der Waals surface area (Å²) >= 11 is 0. The number of benzene rings is 1. The molecule has 0 saturated heterocycles. The molecular formula is C15H18O2. The van der Waals surface area contributed by atoms with Crippen LogP contribution in [0.5, 0.6) is 5.75 Å². The summed E-state index contributed by atoms with van der Waals surface area (Å²) in [7, 11) is 1.61. The second-order valence-electron chi connectivity index (χ2n) is 3.73. The molecule has 0 bridgehead atoms. The number of allylic oxidation sites excluding steroid dienone is 4. The highest BCUT2D eigenvalue weighted by atomic mass is 16.5. The molecule has 90 valence electrons. The summed E-state index contributed by atoms with van der Waals surface area (Å²) in [6.45, 7) is 5.75. The number of hydrogen-bond acceptors (Lipinski definition) is 2. The summed E-state index contributed by atoms with van der Waals surface area (Å²) in [5.74, 6) is 0.803. The van der Waals surface area contributed by atoms with Gasteiger partial charge in [0.05, 0.1) is 7.11 Å². The van der Waals surface area contributed by atoms with Crippen molar-refractivity contribution in [2.45, 2.75) is 20.8 Å². The number of hydrogen-bond donors (Lipinski definition) is 0.